The summed E-state index contributed by atoms with van der Waals surface area (Å²) in [6.45, 7) is 5.82. The molecule has 0 amide bonds. The molecular weight excluding hydrogens is 439 g/mol. The molecule has 1 atom stereocenters. The van der Waals surface area contributed by atoms with Gasteiger partial charge in [-0.25, -0.2) is 0 Å². The van der Waals surface area contributed by atoms with Crippen LogP contribution < -0.4 is 15.4 Å². The maximum Gasteiger partial charge on any atom is 0.191 e. The average Bonchev–Trinajstić information content (AvgIpc) is 2.65. The molecule has 0 fully saturated rings. The molecule has 1 aromatic heterocycles. The van der Waals surface area contributed by atoms with Crippen molar-refractivity contribution in [3.05, 3.63) is 59.4 Å². The van der Waals surface area contributed by atoms with Crippen LogP contribution in [0.2, 0.25) is 0 Å². The molecule has 2 aromatic rings. The van der Waals surface area contributed by atoms with Crippen LogP contribution in [0.3, 0.4) is 0 Å². The first-order chi connectivity index (χ1) is 12.1. The number of aromatic nitrogens is 1. The van der Waals surface area contributed by atoms with Crippen LogP contribution in [-0.4, -0.2) is 31.6 Å². The van der Waals surface area contributed by atoms with Crippen molar-refractivity contribution < 1.29 is 4.74 Å². The minimum atomic E-state index is 0. The summed E-state index contributed by atoms with van der Waals surface area (Å²) in [7, 11) is 3.47. The number of halogens is 1. The first kappa shape index (κ1) is 22.2. The Morgan fingerprint density at radius 3 is 2.54 bits per heavy atom. The van der Waals surface area contributed by atoms with E-state index < -0.39 is 0 Å². The third-order valence-corrected chi connectivity index (χ3v) is 4.32. The fourth-order valence-corrected chi connectivity index (χ4v) is 2.60. The zero-order valence-corrected chi connectivity index (χ0v) is 18.3. The van der Waals surface area contributed by atoms with Gasteiger partial charge in [0.25, 0.3) is 0 Å². The van der Waals surface area contributed by atoms with Gasteiger partial charge in [0.05, 0.1) is 19.3 Å². The van der Waals surface area contributed by atoms with E-state index in [1.165, 1.54) is 11.1 Å². The SMILES string of the molecule is CN=C(NCCC(C)c1ccc(OC)cc1)NCc1ncccc1C.I. The van der Waals surface area contributed by atoms with Gasteiger partial charge in [-0.15, -0.1) is 24.0 Å². The number of methoxy groups -OCH3 is 1. The second-order valence-corrected chi connectivity index (χ2v) is 6.08. The molecule has 5 nitrogen and oxygen atoms in total. The normalized spacial score (nSPS) is 12.1. The largest absolute Gasteiger partial charge is 0.497 e. The van der Waals surface area contributed by atoms with Crippen LogP contribution in [-0.2, 0) is 6.54 Å². The maximum atomic E-state index is 5.21. The number of ether oxygens (including phenoxy) is 1. The monoisotopic (exact) mass is 468 g/mol. The van der Waals surface area contributed by atoms with Gasteiger partial charge in [-0.1, -0.05) is 25.1 Å². The van der Waals surface area contributed by atoms with Gasteiger partial charge in [-0.05, 0) is 48.6 Å². The smallest absolute Gasteiger partial charge is 0.191 e. The Hall–Kier alpha value is -1.83. The van der Waals surface area contributed by atoms with Crippen molar-refractivity contribution in [1.82, 2.24) is 15.6 Å². The molecule has 1 unspecified atom stereocenters. The van der Waals surface area contributed by atoms with Crippen LogP contribution in [0.4, 0.5) is 0 Å². The summed E-state index contributed by atoms with van der Waals surface area (Å²) in [5.74, 6) is 2.16. The fraction of sp³-hybridized carbons (Fsp3) is 0.400. The number of aryl methyl sites for hydroxylation is 1. The van der Waals surface area contributed by atoms with Crippen LogP contribution in [0.25, 0.3) is 0 Å². The molecule has 142 valence electrons. The van der Waals surface area contributed by atoms with Gasteiger partial charge in [0.1, 0.15) is 5.75 Å². The third-order valence-electron chi connectivity index (χ3n) is 4.32. The van der Waals surface area contributed by atoms with Crippen LogP contribution in [0.1, 0.15) is 36.1 Å². The van der Waals surface area contributed by atoms with Crippen LogP contribution in [0.15, 0.2) is 47.6 Å². The number of pyridine rings is 1. The molecule has 6 heteroatoms. The maximum absolute atomic E-state index is 5.21. The Kier molecular flexibility index (Phi) is 10.0. The lowest BCUT2D eigenvalue weighted by Gasteiger charge is -2.16. The molecule has 2 N–H and O–H groups in total. The van der Waals surface area contributed by atoms with E-state index in [0.29, 0.717) is 12.5 Å². The fourth-order valence-electron chi connectivity index (χ4n) is 2.60. The zero-order chi connectivity index (χ0) is 18.1. The minimum Gasteiger partial charge on any atom is -0.497 e. The molecule has 1 aromatic carbocycles. The average molecular weight is 468 g/mol. The van der Waals surface area contributed by atoms with Gasteiger partial charge in [-0.3, -0.25) is 9.98 Å². The van der Waals surface area contributed by atoms with Gasteiger partial charge >= 0.3 is 0 Å². The summed E-state index contributed by atoms with van der Waals surface area (Å²) in [6.07, 6.45) is 2.84. The van der Waals surface area contributed by atoms with E-state index in [2.05, 4.69) is 52.7 Å². The van der Waals surface area contributed by atoms with E-state index in [1.54, 1.807) is 14.2 Å². The molecule has 0 spiro atoms. The highest BCUT2D eigenvalue weighted by atomic mass is 127. The van der Waals surface area contributed by atoms with Crippen molar-refractivity contribution in [3.63, 3.8) is 0 Å². The Bertz CT molecular complexity index is 688. The van der Waals surface area contributed by atoms with E-state index in [9.17, 15) is 0 Å². The molecular formula is C20H29IN4O. The van der Waals surface area contributed by atoms with Gasteiger partial charge in [0.15, 0.2) is 5.96 Å². The molecule has 2 rings (SSSR count). The Labute approximate surface area is 173 Å². The summed E-state index contributed by atoms with van der Waals surface area (Å²) < 4.78 is 5.21. The molecule has 0 bridgehead atoms. The topological polar surface area (TPSA) is 58.5 Å². The standard InChI is InChI=1S/C20H28N4O.HI/c1-15(17-7-9-18(25-4)10-8-17)11-13-23-20(21-3)24-14-19-16(2)6-5-12-22-19;/h5-10,12,15H,11,13-14H2,1-4H3,(H2,21,23,24);1H. The van der Waals surface area contributed by atoms with Crippen LogP contribution in [0, 0.1) is 6.92 Å². The predicted octanol–water partition coefficient (Wildman–Crippen LogP) is 3.88. The summed E-state index contributed by atoms with van der Waals surface area (Å²) >= 11 is 0. The summed E-state index contributed by atoms with van der Waals surface area (Å²) in [6, 6.07) is 12.3. The van der Waals surface area contributed by atoms with Crippen molar-refractivity contribution in [2.75, 3.05) is 20.7 Å². The van der Waals surface area contributed by atoms with Crippen LogP contribution in [0.5, 0.6) is 5.75 Å². The first-order valence-corrected chi connectivity index (χ1v) is 8.63. The zero-order valence-electron chi connectivity index (χ0n) is 16.0. The number of hydrogen-bond donors (Lipinski definition) is 2. The van der Waals surface area contributed by atoms with Crippen molar-refractivity contribution in [1.29, 1.82) is 0 Å². The van der Waals surface area contributed by atoms with Crippen molar-refractivity contribution in [3.8, 4) is 5.75 Å². The van der Waals surface area contributed by atoms with E-state index in [-0.39, 0.29) is 24.0 Å². The highest BCUT2D eigenvalue weighted by Gasteiger charge is 2.07. The Morgan fingerprint density at radius 2 is 1.92 bits per heavy atom. The summed E-state index contributed by atoms with van der Waals surface area (Å²) in [5.41, 5.74) is 3.53. The molecule has 0 radical (unpaired) electrons. The lowest BCUT2D eigenvalue weighted by molar-refractivity contribution is 0.414. The Balaban J connectivity index is 0.00000338. The van der Waals surface area contributed by atoms with E-state index >= 15 is 0 Å². The van der Waals surface area contributed by atoms with Gasteiger partial charge < -0.3 is 15.4 Å². The molecule has 1 heterocycles. The molecule has 26 heavy (non-hydrogen) atoms. The number of aliphatic imine (C=N–C) groups is 1. The Morgan fingerprint density at radius 1 is 1.19 bits per heavy atom. The third kappa shape index (κ3) is 6.82. The van der Waals surface area contributed by atoms with E-state index in [4.69, 9.17) is 4.74 Å². The van der Waals surface area contributed by atoms with Crippen LogP contribution >= 0.6 is 24.0 Å². The quantitative estimate of drug-likeness (QED) is 0.368. The second-order valence-electron chi connectivity index (χ2n) is 6.08. The highest BCUT2D eigenvalue weighted by Crippen LogP contribution is 2.21. The highest BCUT2D eigenvalue weighted by molar-refractivity contribution is 14.0. The van der Waals surface area contributed by atoms with Crippen molar-refractivity contribution in [2.45, 2.75) is 32.7 Å². The summed E-state index contributed by atoms with van der Waals surface area (Å²) in [4.78, 5) is 8.67. The number of guanidine groups is 1. The van der Waals surface area contributed by atoms with Crippen molar-refractivity contribution in [2.24, 2.45) is 4.99 Å². The number of nitrogens with zero attached hydrogens (tertiary/aromatic N) is 2. The van der Waals surface area contributed by atoms with Crippen molar-refractivity contribution >= 4 is 29.9 Å². The lowest BCUT2D eigenvalue weighted by atomic mass is 9.98. The molecule has 0 saturated carbocycles. The number of hydrogen-bond acceptors (Lipinski definition) is 3. The molecule has 0 aliphatic rings. The van der Waals surface area contributed by atoms with E-state index in [0.717, 1.165) is 30.4 Å². The molecule has 0 saturated heterocycles. The first-order valence-electron chi connectivity index (χ1n) is 8.63. The molecule has 0 aliphatic carbocycles. The molecule has 0 aliphatic heterocycles. The lowest BCUT2D eigenvalue weighted by Crippen LogP contribution is -2.37. The summed E-state index contributed by atoms with van der Waals surface area (Å²) in [5, 5.41) is 6.68. The van der Waals surface area contributed by atoms with E-state index in [1.807, 2.05) is 24.4 Å². The number of nitrogens with one attached hydrogen (secondary N) is 2. The van der Waals surface area contributed by atoms with Gasteiger partial charge in [0.2, 0.25) is 0 Å². The predicted molar refractivity (Wildman–Crippen MR) is 119 cm³/mol. The second kappa shape index (κ2) is 11.7. The number of rotatable bonds is 7. The number of benzene rings is 1. The van der Waals surface area contributed by atoms with Gasteiger partial charge in [0, 0.05) is 19.8 Å². The van der Waals surface area contributed by atoms with Gasteiger partial charge in [-0.2, -0.15) is 0 Å². The minimum absolute atomic E-state index is 0.